The summed E-state index contributed by atoms with van der Waals surface area (Å²) < 4.78 is 12.1. The van der Waals surface area contributed by atoms with Gasteiger partial charge in [-0.1, -0.05) is 20.8 Å². The average Bonchev–Trinajstić information content (AvgIpc) is 2.54. The molecule has 1 saturated heterocycles. The van der Waals surface area contributed by atoms with Gasteiger partial charge < -0.3 is 15.0 Å². The van der Waals surface area contributed by atoms with Gasteiger partial charge in [0.1, 0.15) is 0 Å². The maximum Gasteiger partial charge on any atom is 0.475 e. The molecule has 90 valence electrons. The van der Waals surface area contributed by atoms with E-state index in [2.05, 4.69) is 20.8 Å². The molecule has 0 amide bonds. The first-order valence-corrected chi connectivity index (χ1v) is 6.43. The van der Waals surface area contributed by atoms with Crippen LogP contribution in [0.3, 0.4) is 0 Å². The monoisotopic (exact) mass is 223 g/mol. The molecule has 2 N–H and O–H groups in total. The number of rotatable bonds is 1. The molecule has 16 heavy (non-hydrogen) atoms. The van der Waals surface area contributed by atoms with Crippen molar-refractivity contribution in [3.05, 3.63) is 0 Å². The SMILES string of the molecule is CC(N)B1O[C@@H]2C3C[C@H](C[C@]2(C)O1)C3(C)C. The van der Waals surface area contributed by atoms with Crippen molar-refractivity contribution < 1.29 is 9.31 Å². The first-order valence-electron chi connectivity index (χ1n) is 6.43. The lowest BCUT2D eigenvalue weighted by Crippen LogP contribution is -2.63. The molecule has 1 aliphatic heterocycles. The Balaban J connectivity index is 1.85. The van der Waals surface area contributed by atoms with Crippen LogP contribution in [0.5, 0.6) is 0 Å². The number of hydrogen-bond acceptors (Lipinski definition) is 3. The molecule has 0 aromatic heterocycles. The van der Waals surface area contributed by atoms with Crippen molar-refractivity contribution in [1.82, 2.24) is 0 Å². The van der Waals surface area contributed by atoms with Gasteiger partial charge in [-0.05, 0) is 37.0 Å². The molecule has 4 rings (SSSR count). The van der Waals surface area contributed by atoms with Gasteiger partial charge in [0, 0.05) is 5.94 Å². The van der Waals surface area contributed by atoms with Crippen molar-refractivity contribution in [2.45, 2.75) is 58.2 Å². The molecule has 3 nitrogen and oxygen atoms in total. The molecule has 2 unspecified atom stereocenters. The van der Waals surface area contributed by atoms with Crippen LogP contribution in [0, 0.1) is 17.3 Å². The summed E-state index contributed by atoms with van der Waals surface area (Å²) in [6, 6.07) is 0. The molecular formula is C12H22BNO2. The van der Waals surface area contributed by atoms with Gasteiger partial charge in [-0.3, -0.25) is 0 Å². The smallest absolute Gasteiger partial charge is 0.404 e. The van der Waals surface area contributed by atoms with Gasteiger partial charge >= 0.3 is 7.12 Å². The summed E-state index contributed by atoms with van der Waals surface area (Å²) in [6.07, 6.45) is 2.69. The Hall–Kier alpha value is -0.0551. The molecule has 2 bridgehead atoms. The largest absolute Gasteiger partial charge is 0.475 e. The van der Waals surface area contributed by atoms with Crippen LogP contribution in [0.15, 0.2) is 0 Å². The fourth-order valence-electron chi connectivity index (χ4n) is 3.97. The molecule has 0 spiro atoms. The highest BCUT2D eigenvalue weighted by Crippen LogP contribution is 2.64. The minimum atomic E-state index is -0.204. The summed E-state index contributed by atoms with van der Waals surface area (Å²) in [5, 5.41) is 0. The zero-order valence-electron chi connectivity index (χ0n) is 10.7. The van der Waals surface area contributed by atoms with E-state index in [0.717, 1.165) is 12.3 Å². The molecule has 4 heteroatoms. The molecule has 0 aromatic rings. The van der Waals surface area contributed by atoms with Crippen LogP contribution >= 0.6 is 0 Å². The van der Waals surface area contributed by atoms with Gasteiger partial charge in [0.2, 0.25) is 0 Å². The summed E-state index contributed by atoms with van der Waals surface area (Å²) in [4.78, 5) is 0. The summed E-state index contributed by atoms with van der Waals surface area (Å²) in [5.74, 6) is 1.41. The van der Waals surface area contributed by atoms with E-state index < -0.39 is 0 Å². The van der Waals surface area contributed by atoms with Gasteiger partial charge in [-0.2, -0.15) is 0 Å². The second-order valence-electron chi connectivity index (χ2n) is 6.78. The molecule has 4 fully saturated rings. The Bertz CT molecular complexity index is 320. The van der Waals surface area contributed by atoms with E-state index in [9.17, 15) is 0 Å². The van der Waals surface area contributed by atoms with E-state index in [0.29, 0.717) is 11.3 Å². The van der Waals surface area contributed by atoms with Crippen molar-refractivity contribution in [3.8, 4) is 0 Å². The standard InChI is InChI=1S/C12H22BNO2/c1-7(14)13-15-10-9-5-8(11(9,2)3)6-12(10,4)16-13/h7-10H,5-6,14H2,1-4H3/t7?,8-,9?,10-,12+/m1/s1. The van der Waals surface area contributed by atoms with Gasteiger partial charge in [0.05, 0.1) is 11.7 Å². The Labute approximate surface area is 98.2 Å². The number of nitrogens with two attached hydrogens (primary N) is 1. The zero-order valence-corrected chi connectivity index (χ0v) is 10.7. The van der Waals surface area contributed by atoms with E-state index in [1.807, 2.05) is 6.92 Å². The molecule has 5 atom stereocenters. The minimum absolute atomic E-state index is 0.0391. The van der Waals surface area contributed by atoms with Crippen molar-refractivity contribution in [2.24, 2.45) is 23.0 Å². The molecule has 4 aliphatic rings. The second kappa shape index (κ2) is 3.03. The lowest BCUT2D eigenvalue weighted by atomic mass is 9.45. The summed E-state index contributed by atoms with van der Waals surface area (Å²) >= 11 is 0. The van der Waals surface area contributed by atoms with Gasteiger partial charge in [-0.25, -0.2) is 0 Å². The molecule has 3 saturated carbocycles. The Morgan fingerprint density at radius 3 is 2.62 bits per heavy atom. The van der Waals surface area contributed by atoms with Crippen LogP contribution in [-0.2, 0) is 9.31 Å². The summed E-state index contributed by atoms with van der Waals surface area (Å²) in [5.41, 5.74) is 6.24. The van der Waals surface area contributed by atoms with Crippen molar-refractivity contribution in [3.63, 3.8) is 0 Å². The Morgan fingerprint density at radius 2 is 2.06 bits per heavy atom. The minimum Gasteiger partial charge on any atom is -0.404 e. The zero-order chi connectivity index (χ0) is 11.7. The molecule has 3 aliphatic carbocycles. The van der Waals surface area contributed by atoms with Crippen LogP contribution in [0.4, 0.5) is 0 Å². The third kappa shape index (κ3) is 1.21. The van der Waals surface area contributed by atoms with Gasteiger partial charge in [-0.15, -0.1) is 0 Å². The van der Waals surface area contributed by atoms with E-state index in [-0.39, 0.29) is 24.8 Å². The van der Waals surface area contributed by atoms with Crippen LogP contribution in [0.2, 0.25) is 0 Å². The van der Waals surface area contributed by atoms with Crippen LogP contribution in [0.1, 0.15) is 40.5 Å². The normalized spacial score (nSPS) is 50.8. The maximum atomic E-state index is 6.07. The second-order valence-corrected chi connectivity index (χ2v) is 6.78. The lowest BCUT2D eigenvalue weighted by Gasteiger charge is -2.63. The predicted molar refractivity (Wildman–Crippen MR) is 63.8 cm³/mol. The third-order valence-corrected chi connectivity index (χ3v) is 5.26. The lowest BCUT2D eigenvalue weighted by molar-refractivity contribution is -0.185. The quantitative estimate of drug-likeness (QED) is 0.686. The highest BCUT2D eigenvalue weighted by atomic mass is 16.7. The van der Waals surface area contributed by atoms with Crippen LogP contribution < -0.4 is 5.73 Å². The summed E-state index contributed by atoms with van der Waals surface area (Å²) in [7, 11) is -0.204. The fourth-order valence-corrected chi connectivity index (χ4v) is 3.97. The van der Waals surface area contributed by atoms with Crippen molar-refractivity contribution in [1.29, 1.82) is 0 Å². The predicted octanol–water partition coefficient (Wildman–Crippen LogP) is 1.60. The van der Waals surface area contributed by atoms with E-state index >= 15 is 0 Å². The third-order valence-electron chi connectivity index (χ3n) is 5.26. The maximum absolute atomic E-state index is 6.07. The topological polar surface area (TPSA) is 44.5 Å². The molecule has 0 radical (unpaired) electrons. The highest BCUT2D eigenvalue weighted by molar-refractivity contribution is 6.47. The fraction of sp³-hybridized carbons (Fsp3) is 1.00. The van der Waals surface area contributed by atoms with E-state index in [1.165, 1.54) is 6.42 Å². The molecule has 1 heterocycles. The van der Waals surface area contributed by atoms with Gasteiger partial charge in [0.15, 0.2) is 0 Å². The molecular weight excluding hydrogens is 201 g/mol. The Kier molecular flexibility index (Phi) is 2.10. The number of hydrogen-bond donors (Lipinski definition) is 1. The van der Waals surface area contributed by atoms with Crippen LogP contribution in [-0.4, -0.2) is 24.8 Å². The van der Waals surface area contributed by atoms with Crippen molar-refractivity contribution in [2.75, 3.05) is 0 Å². The average molecular weight is 223 g/mol. The van der Waals surface area contributed by atoms with Gasteiger partial charge in [0.25, 0.3) is 0 Å². The Morgan fingerprint density at radius 1 is 1.38 bits per heavy atom. The van der Waals surface area contributed by atoms with E-state index in [1.54, 1.807) is 0 Å². The van der Waals surface area contributed by atoms with E-state index in [4.69, 9.17) is 15.0 Å². The molecule has 0 aromatic carbocycles. The van der Waals surface area contributed by atoms with Crippen molar-refractivity contribution >= 4 is 7.12 Å². The van der Waals surface area contributed by atoms with Crippen LogP contribution in [0.25, 0.3) is 0 Å². The first kappa shape index (κ1) is 11.1. The first-order chi connectivity index (χ1) is 7.34. The summed E-state index contributed by atoms with van der Waals surface area (Å²) in [6.45, 7) is 8.90. The highest BCUT2D eigenvalue weighted by Gasteiger charge is 2.66.